The van der Waals surface area contributed by atoms with Crippen molar-refractivity contribution in [2.75, 3.05) is 68.2 Å². The molecule has 1 rings (SSSR count). The molecule has 12 amide bonds. The van der Waals surface area contributed by atoms with Gasteiger partial charge in [-0.05, 0) is 146 Å². The van der Waals surface area contributed by atoms with Crippen LogP contribution < -0.4 is 26.6 Å². The zero-order valence-corrected chi connectivity index (χ0v) is 69.3. The van der Waals surface area contributed by atoms with Crippen molar-refractivity contribution in [3.8, 4) is 0 Å². The molecule has 0 aromatic rings. The lowest BCUT2D eigenvalue weighted by molar-refractivity contribution is -0.157. The van der Waals surface area contributed by atoms with E-state index in [1.165, 1.54) is 92.6 Å². The molecule has 0 radical (unpaired) electrons. The van der Waals surface area contributed by atoms with Gasteiger partial charge in [0.25, 0.3) is 5.91 Å². The predicted octanol–water partition coefficient (Wildman–Crippen LogP) is 6.78. The number of carbonyl (C=O) groups excluding carboxylic acids is 12. The number of likely N-dealkylation sites (N-methyl/N-ethyl adjacent to an activating group) is 7. The topological polar surface area (TPSA) is 337 Å². The number of alkyl carbamates (subject to hydrolysis) is 1. The average molecular weight is 1490 g/mol. The summed E-state index contributed by atoms with van der Waals surface area (Å²) in [5.41, 5.74) is -0.661. The summed E-state index contributed by atoms with van der Waals surface area (Å²) in [4.78, 5) is 187. The molecular formula is C76H140N12O15S. The van der Waals surface area contributed by atoms with Crippen molar-refractivity contribution in [2.24, 2.45) is 41.4 Å². The van der Waals surface area contributed by atoms with Crippen LogP contribution in [-0.4, -0.2) is 261 Å². The molecule has 0 aliphatic carbocycles. The first-order valence-electron chi connectivity index (χ1n) is 38.2. The third-order valence-electron chi connectivity index (χ3n) is 19.4. The highest BCUT2D eigenvalue weighted by Gasteiger charge is 2.47. The Morgan fingerprint density at radius 1 is 0.481 bits per heavy atom. The number of rotatable bonds is 28. The number of carbonyl (C=O) groups is 12. The van der Waals surface area contributed by atoms with Gasteiger partial charge >= 0.3 is 6.09 Å². The van der Waals surface area contributed by atoms with E-state index in [0.717, 1.165) is 16.7 Å². The highest BCUT2D eigenvalue weighted by molar-refractivity contribution is 8.00. The van der Waals surface area contributed by atoms with Crippen molar-refractivity contribution < 1.29 is 72.5 Å². The van der Waals surface area contributed by atoms with Gasteiger partial charge in [0.1, 0.15) is 66.0 Å². The molecule has 0 aromatic carbocycles. The molecule has 27 nitrogen and oxygen atoms in total. The van der Waals surface area contributed by atoms with E-state index in [4.69, 9.17) is 4.74 Å². The minimum atomic E-state index is -1.68. The largest absolute Gasteiger partial charge is 0.444 e. The van der Waals surface area contributed by atoms with Crippen molar-refractivity contribution in [1.29, 1.82) is 0 Å². The van der Waals surface area contributed by atoms with Crippen molar-refractivity contribution >= 4 is 82.8 Å². The van der Waals surface area contributed by atoms with Crippen LogP contribution >= 0.6 is 11.8 Å². The quantitative estimate of drug-likeness (QED) is 0.0397. The van der Waals surface area contributed by atoms with Gasteiger partial charge in [-0.2, -0.15) is 0 Å². The summed E-state index contributed by atoms with van der Waals surface area (Å²) in [5, 5.41) is 34.9. The van der Waals surface area contributed by atoms with E-state index in [0.29, 0.717) is 76.5 Å². The molecule has 1 saturated heterocycles. The van der Waals surface area contributed by atoms with Crippen LogP contribution in [0.2, 0.25) is 0 Å². The summed E-state index contributed by atoms with van der Waals surface area (Å²) in [6.45, 7) is 34.1. The van der Waals surface area contributed by atoms with Crippen LogP contribution in [0.4, 0.5) is 4.79 Å². The monoisotopic (exact) mass is 1490 g/mol. The van der Waals surface area contributed by atoms with Crippen molar-refractivity contribution in [3.05, 3.63) is 0 Å². The Kier molecular flexibility index (Phi) is 42.4. The first-order chi connectivity index (χ1) is 48.2. The molecule has 1 aliphatic heterocycles. The second-order valence-electron chi connectivity index (χ2n) is 32.3. The van der Waals surface area contributed by atoms with Crippen LogP contribution in [0.3, 0.4) is 0 Å². The van der Waals surface area contributed by atoms with E-state index < -0.39 is 166 Å². The van der Waals surface area contributed by atoms with Crippen LogP contribution in [0, 0.1) is 41.4 Å². The number of hydrogen-bond acceptors (Lipinski definition) is 16. The Morgan fingerprint density at radius 2 is 0.952 bits per heavy atom. The van der Waals surface area contributed by atoms with Crippen molar-refractivity contribution in [1.82, 2.24) is 60.9 Å². The molecule has 1 aliphatic rings. The average Bonchev–Trinajstić information content (AvgIpc) is 0.802. The van der Waals surface area contributed by atoms with Gasteiger partial charge in [-0.1, -0.05) is 129 Å². The number of aliphatic hydroxyl groups excluding tert-OH is 2. The van der Waals surface area contributed by atoms with Crippen LogP contribution in [0.25, 0.3) is 0 Å². The fraction of sp³-hybridized carbons (Fsp3) is 0.842. The third-order valence-corrected chi connectivity index (χ3v) is 20.7. The summed E-state index contributed by atoms with van der Waals surface area (Å²) >= 11 is 1.16. The molecule has 1 heterocycles. The number of unbranched alkanes of at least 4 members (excludes halogenated alkanes) is 6. The summed E-state index contributed by atoms with van der Waals surface area (Å²) in [6.07, 6.45) is 4.41. The van der Waals surface area contributed by atoms with Gasteiger partial charge in [-0.3, -0.25) is 52.7 Å². The maximum Gasteiger partial charge on any atom is 0.407 e. The van der Waals surface area contributed by atoms with E-state index in [2.05, 4.69) is 26.6 Å². The number of thioether (sulfide) groups is 1. The van der Waals surface area contributed by atoms with E-state index in [1.807, 2.05) is 55.4 Å². The van der Waals surface area contributed by atoms with Gasteiger partial charge < -0.3 is 75.8 Å². The molecule has 28 heteroatoms. The lowest BCUT2D eigenvalue weighted by atomic mass is 9.90. The van der Waals surface area contributed by atoms with Gasteiger partial charge in [0.2, 0.25) is 59.1 Å². The van der Waals surface area contributed by atoms with Gasteiger partial charge in [0.15, 0.2) is 5.37 Å². The summed E-state index contributed by atoms with van der Waals surface area (Å²) in [5.74, 6) is -9.56. The highest BCUT2D eigenvalue weighted by Crippen LogP contribution is 2.28. The van der Waals surface area contributed by atoms with Gasteiger partial charge in [0, 0.05) is 62.5 Å². The minimum Gasteiger partial charge on any atom is -0.444 e. The van der Waals surface area contributed by atoms with E-state index in [-0.39, 0.29) is 62.4 Å². The number of ether oxygens (including phenoxy) is 1. The zero-order chi connectivity index (χ0) is 80.1. The van der Waals surface area contributed by atoms with Gasteiger partial charge in [-0.15, -0.1) is 11.8 Å². The smallest absolute Gasteiger partial charge is 0.407 e. The lowest BCUT2D eigenvalue weighted by Crippen LogP contribution is -2.64. The maximum atomic E-state index is 15.6. The van der Waals surface area contributed by atoms with Gasteiger partial charge in [0.05, 0.1) is 6.10 Å². The Balaban J connectivity index is 4.52. The highest BCUT2D eigenvalue weighted by atomic mass is 32.2. The van der Waals surface area contributed by atoms with Crippen LogP contribution in [0.5, 0.6) is 0 Å². The van der Waals surface area contributed by atoms with Crippen LogP contribution in [-0.2, 0) is 57.5 Å². The first-order valence-corrected chi connectivity index (χ1v) is 39.2. The summed E-state index contributed by atoms with van der Waals surface area (Å²) < 4.78 is 5.36. The molecule has 0 spiro atoms. The van der Waals surface area contributed by atoms with Crippen molar-refractivity contribution in [3.63, 3.8) is 0 Å². The molecule has 13 atom stereocenters. The molecule has 600 valence electrons. The summed E-state index contributed by atoms with van der Waals surface area (Å²) in [7, 11) is 10.0. The Bertz CT molecular complexity index is 2770. The number of hydrogen-bond donors (Lipinski definition) is 7. The second-order valence-corrected chi connectivity index (χ2v) is 33.5. The molecule has 0 aromatic heterocycles. The lowest BCUT2D eigenvalue weighted by Gasteiger charge is -2.41. The van der Waals surface area contributed by atoms with E-state index in [9.17, 15) is 34.2 Å². The molecule has 7 N–H and O–H groups in total. The third kappa shape index (κ3) is 30.5. The molecule has 1 fully saturated rings. The second kappa shape index (κ2) is 46.0. The van der Waals surface area contributed by atoms with Crippen molar-refractivity contribution in [2.45, 2.75) is 305 Å². The van der Waals surface area contributed by atoms with E-state index in [1.54, 1.807) is 62.3 Å². The molecule has 104 heavy (non-hydrogen) atoms. The number of nitrogens with zero attached hydrogens (tertiary/aromatic N) is 7. The maximum absolute atomic E-state index is 15.6. The normalized spacial score (nSPS) is 24.9. The Morgan fingerprint density at radius 3 is 1.46 bits per heavy atom. The molecule has 0 bridgehead atoms. The van der Waals surface area contributed by atoms with Crippen LogP contribution in [0.15, 0.2) is 0 Å². The Hall–Kier alpha value is -6.29. The number of amides is 12. The standard InChI is InChI=1S/C76H140N12O15S/c1-27-54-68(96)88(26)74(104-41-35-31-30-34-40-89)73(101)84(22)57(43-47(6)7)65(93)81-59(49(10)11)71(99)83(21)56(42-46(4)5)64(92)78-52(15)63(91)79-53(16)67(95)85(23)58(44-48(8)9)70(98)82(20)55(38-37-45(2)3)69(97)86(24)60(50(12)13)72(100)87(25)61(66(94)80-54)62(90)51(14)36-32-28-29-33-39-77-75(102)103-76(17,18)19/h45-62,74,89-90H,27-44H2,1-26H3,(H,77,102)(H,78,92)(H,79,91)(H,80,94)(H,81,93)/t51-,52-,53+,54+,55+,56-,57+,58+,59-,60+,61+,62-,74-/m1/s1. The minimum absolute atomic E-state index is 0.00193. The SMILES string of the molecule is CC[C@@H]1NC(=O)[C@H]([C@H](O)[C@H](C)CCCCCCNC(=O)OC(C)(C)C)N(C)C(=O)[C@H](C(C)C)N(C)C(=O)[C@H](CCC(C)C)N(C)C(=O)[C@H](CC(C)C)N(C)C(=O)[C@H](C)NC(=O)[C@@H](C)NC(=O)[C@@H](CC(C)C)N(C)C(=O)[C@@H](C(C)C)NC(=O)[C@H](CC(C)C)N(C)C(=O)[C@@H](SCCCCCCO)N(C)C1=O. The predicted molar refractivity (Wildman–Crippen MR) is 408 cm³/mol. The fourth-order valence-electron chi connectivity index (χ4n) is 12.9. The van der Waals surface area contributed by atoms with Gasteiger partial charge in [-0.25, -0.2) is 4.79 Å². The summed E-state index contributed by atoms with van der Waals surface area (Å²) in [6, 6.07) is -12.8. The number of aliphatic hydroxyl groups is 2. The zero-order valence-electron chi connectivity index (χ0n) is 68.4. The Labute approximate surface area is 628 Å². The first kappa shape index (κ1) is 95.7. The molecule has 0 unspecified atom stereocenters. The molecular weight excluding hydrogens is 1350 g/mol. The molecule has 0 saturated carbocycles. The fourth-order valence-corrected chi connectivity index (χ4v) is 14.1. The van der Waals surface area contributed by atoms with E-state index >= 15 is 33.6 Å². The number of nitrogens with one attached hydrogen (secondary N) is 5. The van der Waals surface area contributed by atoms with Crippen LogP contribution in [0.1, 0.15) is 228 Å².